The van der Waals surface area contributed by atoms with Crippen molar-refractivity contribution in [1.29, 1.82) is 0 Å². The van der Waals surface area contributed by atoms with Crippen molar-refractivity contribution in [2.24, 2.45) is 5.92 Å². The Hall–Kier alpha value is -1.30. The average molecular weight is 283 g/mol. The molecule has 20 heavy (non-hydrogen) atoms. The molecular weight excluding hydrogens is 258 g/mol. The van der Waals surface area contributed by atoms with Crippen LogP contribution in [0.3, 0.4) is 0 Å². The fourth-order valence-corrected chi connectivity index (χ4v) is 3.18. The molecule has 1 unspecified atom stereocenters. The van der Waals surface area contributed by atoms with Crippen LogP contribution in [0.4, 0.5) is 4.79 Å². The number of rotatable bonds is 5. The third-order valence-corrected chi connectivity index (χ3v) is 4.42. The van der Waals surface area contributed by atoms with E-state index in [1.807, 2.05) is 13.8 Å². The van der Waals surface area contributed by atoms with Gasteiger partial charge in [-0.1, -0.05) is 0 Å². The van der Waals surface area contributed by atoms with Crippen LogP contribution in [0.25, 0.3) is 0 Å². The molecule has 2 bridgehead atoms. The van der Waals surface area contributed by atoms with Crippen molar-refractivity contribution >= 4 is 12.0 Å². The lowest BCUT2D eigenvalue weighted by atomic mass is 9.84. The molecule has 0 aromatic carbocycles. The van der Waals surface area contributed by atoms with E-state index in [4.69, 9.17) is 5.11 Å². The molecule has 3 heterocycles. The normalized spacial score (nSPS) is 28.4. The summed E-state index contributed by atoms with van der Waals surface area (Å²) >= 11 is 0. The van der Waals surface area contributed by atoms with E-state index in [2.05, 4.69) is 10.2 Å². The largest absolute Gasteiger partial charge is 0.481 e. The third-order valence-electron chi connectivity index (χ3n) is 4.42. The van der Waals surface area contributed by atoms with Gasteiger partial charge in [0.05, 0.1) is 6.42 Å². The van der Waals surface area contributed by atoms with Gasteiger partial charge in [0, 0.05) is 25.2 Å². The molecule has 0 aromatic heterocycles. The minimum absolute atomic E-state index is 0.00811. The van der Waals surface area contributed by atoms with Gasteiger partial charge in [-0.3, -0.25) is 4.79 Å². The van der Waals surface area contributed by atoms with E-state index in [1.54, 1.807) is 4.90 Å². The molecule has 114 valence electrons. The average Bonchev–Trinajstić information content (AvgIpc) is 2.39. The van der Waals surface area contributed by atoms with Crippen LogP contribution in [-0.2, 0) is 4.79 Å². The number of hydrogen-bond acceptors (Lipinski definition) is 3. The number of nitrogens with one attached hydrogen (secondary N) is 1. The Morgan fingerprint density at radius 3 is 2.45 bits per heavy atom. The molecule has 0 spiro atoms. The Bertz CT molecular complexity index is 365. The molecule has 0 saturated carbocycles. The quantitative estimate of drug-likeness (QED) is 0.789. The highest BCUT2D eigenvalue weighted by atomic mass is 16.4. The summed E-state index contributed by atoms with van der Waals surface area (Å²) in [5.41, 5.74) is 0. The van der Waals surface area contributed by atoms with Gasteiger partial charge >= 0.3 is 12.0 Å². The van der Waals surface area contributed by atoms with E-state index >= 15 is 0 Å². The fraction of sp³-hybridized carbons (Fsp3) is 0.857. The molecule has 0 aromatic rings. The second-order valence-electron chi connectivity index (χ2n) is 6.12. The van der Waals surface area contributed by atoms with Gasteiger partial charge in [-0.2, -0.15) is 0 Å². The number of carbonyl (C=O) groups excluding carboxylic acids is 1. The van der Waals surface area contributed by atoms with Gasteiger partial charge in [0.1, 0.15) is 0 Å². The predicted molar refractivity (Wildman–Crippen MR) is 75.6 cm³/mol. The maximum atomic E-state index is 12.3. The maximum absolute atomic E-state index is 12.3. The molecular formula is C14H25N3O3. The predicted octanol–water partition coefficient (Wildman–Crippen LogP) is 0.975. The summed E-state index contributed by atoms with van der Waals surface area (Å²) in [7, 11) is 0. The molecule has 1 atom stereocenters. The highest BCUT2D eigenvalue weighted by Gasteiger charge is 2.35. The number of carboxylic acids is 1. The Kier molecular flexibility index (Phi) is 4.86. The summed E-state index contributed by atoms with van der Waals surface area (Å²) in [6.07, 6.45) is 2.30. The van der Waals surface area contributed by atoms with Gasteiger partial charge in [-0.15, -0.1) is 0 Å². The van der Waals surface area contributed by atoms with Crippen molar-refractivity contribution < 1.29 is 14.7 Å². The SMILES string of the molecule is CC(C)N(CCC(=O)O)C(=O)NC1CN2CCC1CC2. The summed E-state index contributed by atoms with van der Waals surface area (Å²) in [6, 6.07) is 0.103. The van der Waals surface area contributed by atoms with E-state index in [1.165, 1.54) is 0 Å². The number of aliphatic carboxylic acids is 1. The molecule has 3 aliphatic heterocycles. The van der Waals surface area contributed by atoms with Gasteiger partial charge in [0.2, 0.25) is 0 Å². The number of piperidine rings is 3. The van der Waals surface area contributed by atoms with Crippen LogP contribution in [0.15, 0.2) is 0 Å². The van der Waals surface area contributed by atoms with Gasteiger partial charge in [0.25, 0.3) is 0 Å². The number of hydrogen-bond donors (Lipinski definition) is 2. The van der Waals surface area contributed by atoms with Crippen molar-refractivity contribution in [2.45, 2.75) is 45.2 Å². The first-order valence-electron chi connectivity index (χ1n) is 7.48. The lowest BCUT2D eigenvalue weighted by Gasteiger charge is -2.45. The second-order valence-corrected chi connectivity index (χ2v) is 6.12. The number of carbonyl (C=O) groups is 2. The Balaban J connectivity index is 1.89. The van der Waals surface area contributed by atoms with Crippen LogP contribution >= 0.6 is 0 Å². The highest BCUT2D eigenvalue weighted by molar-refractivity contribution is 5.76. The number of amides is 2. The molecule has 3 aliphatic rings. The molecule has 0 aliphatic carbocycles. The smallest absolute Gasteiger partial charge is 0.317 e. The number of carboxylic acid groups (broad SMARTS) is 1. The van der Waals surface area contributed by atoms with E-state index < -0.39 is 5.97 Å². The van der Waals surface area contributed by atoms with Gasteiger partial charge in [-0.25, -0.2) is 4.79 Å². The zero-order valence-corrected chi connectivity index (χ0v) is 12.3. The topological polar surface area (TPSA) is 72.9 Å². The van der Waals surface area contributed by atoms with Crippen molar-refractivity contribution in [3.63, 3.8) is 0 Å². The Morgan fingerprint density at radius 2 is 2.00 bits per heavy atom. The number of fused-ring (bicyclic) bond motifs is 3. The standard InChI is InChI=1S/C14H25N3O3/c1-10(2)17(8-5-13(18)19)14(20)15-12-9-16-6-3-11(12)4-7-16/h10-12H,3-9H2,1-2H3,(H,15,20)(H,18,19). The van der Waals surface area contributed by atoms with Crippen LogP contribution in [0.1, 0.15) is 33.1 Å². The second kappa shape index (κ2) is 6.43. The molecule has 2 amide bonds. The summed E-state index contributed by atoms with van der Waals surface area (Å²) in [4.78, 5) is 27.0. The maximum Gasteiger partial charge on any atom is 0.317 e. The van der Waals surface area contributed by atoms with Crippen molar-refractivity contribution in [2.75, 3.05) is 26.2 Å². The third kappa shape index (κ3) is 3.62. The zero-order chi connectivity index (χ0) is 14.7. The first-order valence-corrected chi connectivity index (χ1v) is 7.48. The highest BCUT2D eigenvalue weighted by Crippen LogP contribution is 2.27. The van der Waals surface area contributed by atoms with Crippen LogP contribution in [-0.4, -0.2) is 65.2 Å². The van der Waals surface area contributed by atoms with Gasteiger partial charge in [-0.05, 0) is 45.7 Å². The first-order chi connectivity index (χ1) is 9.47. The molecule has 3 rings (SSSR count). The van der Waals surface area contributed by atoms with Crippen molar-refractivity contribution in [1.82, 2.24) is 15.1 Å². The summed E-state index contributed by atoms with van der Waals surface area (Å²) < 4.78 is 0. The fourth-order valence-electron chi connectivity index (χ4n) is 3.18. The van der Waals surface area contributed by atoms with E-state index in [-0.39, 0.29) is 31.1 Å². The minimum Gasteiger partial charge on any atom is -0.481 e. The Labute approximate surface area is 120 Å². The molecule has 3 saturated heterocycles. The summed E-state index contributed by atoms with van der Waals surface area (Å²) in [5, 5.41) is 11.9. The molecule has 0 radical (unpaired) electrons. The number of nitrogens with zero attached hydrogens (tertiary/aromatic N) is 2. The summed E-state index contributed by atoms with van der Waals surface area (Å²) in [6.45, 7) is 7.31. The molecule has 6 nitrogen and oxygen atoms in total. The van der Waals surface area contributed by atoms with E-state index in [0.717, 1.165) is 32.5 Å². The van der Waals surface area contributed by atoms with Crippen LogP contribution in [0.5, 0.6) is 0 Å². The summed E-state index contributed by atoms with van der Waals surface area (Å²) in [5.74, 6) is -0.288. The molecule has 2 N–H and O–H groups in total. The van der Waals surface area contributed by atoms with Crippen LogP contribution in [0, 0.1) is 5.92 Å². The lowest BCUT2D eigenvalue weighted by molar-refractivity contribution is -0.137. The van der Waals surface area contributed by atoms with Crippen molar-refractivity contribution in [3.05, 3.63) is 0 Å². The van der Waals surface area contributed by atoms with Gasteiger partial charge < -0.3 is 20.2 Å². The van der Waals surface area contributed by atoms with Crippen molar-refractivity contribution in [3.8, 4) is 0 Å². The minimum atomic E-state index is -0.869. The lowest BCUT2D eigenvalue weighted by Crippen LogP contribution is -2.59. The van der Waals surface area contributed by atoms with Crippen LogP contribution < -0.4 is 5.32 Å². The monoisotopic (exact) mass is 283 g/mol. The molecule has 6 heteroatoms. The van der Waals surface area contributed by atoms with E-state index in [0.29, 0.717) is 5.92 Å². The van der Waals surface area contributed by atoms with E-state index in [9.17, 15) is 9.59 Å². The Morgan fingerprint density at radius 1 is 1.35 bits per heavy atom. The van der Waals surface area contributed by atoms with Crippen LogP contribution in [0.2, 0.25) is 0 Å². The molecule has 3 fully saturated rings. The van der Waals surface area contributed by atoms with Gasteiger partial charge in [0.15, 0.2) is 0 Å². The zero-order valence-electron chi connectivity index (χ0n) is 12.3. The first kappa shape index (κ1) is 15.1. The number of urea groups is 1.